The van der Waals surface area contributed by atoms with E-state index >= 15 is 0 Å². The van der Waals surface area contributed by atoms with Crippen LogP contribution in [0.4, 0.5) is 0 Å². The number of aromatic amines is 1. The lowest BCUT2D eigenvalue weighted by molar-refractivity contribution is 0.102. The first-order chi connectivity index (χ1) is 15.6. The molecule has 1 aliphatic heterocycles. The van der Waals surface area contributed by atoms with Crippen LogP contribution >= 0.6 is 0 Å². The summed E-state index contributed by atoms with van der Waals surface area (Å²) in [5, 5.41) is 5.79. The zero-order valence-electron chi connectivity index (χ0n) is 21.2. The molecule has 1 fully saturated rings. The number of nitrogens with one attached hydrogen (secondary N) is 1. The highest BCUT2D eigenvalue weighted by atomic mass is 15.3. The molecule has 5 rings (SSSR count). The molecule has 0 bridgehead atoms. The van der Waals surface area contributed by atoms with Crippen molar-refractivity contribution in [2.75, 3.05) is 13.1 Å². The van der Waals surface area contributed by atoms with Crippen LogP contribution in [-0.2, 0) is 0 Å². The first-order valence-corrected chi connectivity index (χ1v) is 12.4. The lowest BCUT2D eigenvalue weighted by Crippen LogP contribution is -2.45. The molecule has 0 radical (unpaired) electrons. The Hall–Kier alpha value is -2.66. The van der Waals surface area contributed by atoms with Crippen LogP contribution in [-0.4, -0.2) is 43.1 Å². The molecular weight excluding hydrogens is 406 g/mol. The summed E-state index contributed by atoms with van der Waals surface area (Å²) in [6.07, 6.45) is 6.23. The van der Waals surface area contributed by atoms with Crippen molar-refractivity contribution < 1.29 is 0 Å². The monoisotopic (exact) mass is 443 g/mol. The zero-order valence-corrected chi connectivity index (χ0v) is 21.2. The minimum atomic E-state index is 0.260. The van der Waals surface area contributed by atoms with Gasteiger partial charge >= 0.3 is 0 Å². The molecule has 3 aromatic heterocycles. The number of hydrogen-bond acceptors (Lipinski definition) is 3. The van der Waals surface area contributed by atoms with Gasteiger partial charge in [-0.1, -0.05) is 19.9 Å². The van der Waals surface area contributed by atoms with Gasteiger partial charge in [0.15, 0.2) is 5.65 Å². The molecule has 1 aromatic carbocycles. The van der Waals surface area contributed by atoms with Crippen molar-refractivity contribution in [1.29, 1.82) is 0 Å². The molecule has 4 heterocycles. The molecule has 0 spiro atoms. The SMILES string of the molecule is Cc1c(-c2[nH]c3ccc(C4CCN(C(C)(C)C)CC4)cc3c2C(C)C)cn2ncnc2c1C. The highest BCUT2D eigenvalue weighted by Crippen LogP contribution is 2.40. The molecular formula is C28H37N5. The van der Waals surface area contributed by atoms with Gasteiger partial charge in [0.1, 0.15) is 6.33 Å². The Morgan fingerprint density at radius 1 is 1.06 bits per heavy atom. The summed E-state index contributed by atoms with van der Waals surface area (Å²) in [4.78, 5) is 10.8. The quantitative estimate of drug-likeness (QED) is 0.388. The second-order valence-electron chi connectivity index (χ2n) is 11.1. The Morgan fingerprint density at radius 3 is 2.45 bits per heavy atom. The number of pyridine rings is 1. The molecule has 0 saturated carbocycles. The fraction of sp³-hybridized carbons (Fsp3) is 0.500. The van der Waals surface area contributed by atoms with Gasteiger partial charge in [0, 0.05) is 28.2 Å². The number of likely N-dealkylation sites (tertiary alicyclic amines) is 1. The standard InChI is InChI=1S/C28H37N5/c1-17(2)25-22-14-21(20-10-12-32(13-11-20)28(5,6)7)8-9-24(22)31-26(25)23-15-33-27(29-16-30-33)19(4)18(23)3/h8-9,14-17,20,31H,10-13H2,1-7H3. The minimum absolute atomic E-state index is 0.260. The van der Waals surface area contributed by atoms with Crippen LogP contribution in [0.3, 0.4) is 0 Å². The summed E-state index contributed by atoms with van der Waals surface area (Å²) in [6.45, 7) is 18.3. The Morgan fingerprint density at radius 2 is 1.79 bits per heavy atom. The number of fused-ring (bicyclic) bond motifs is 2. The lowest BCUT2D eigenvalue weighted by atomic mass is 9.86. The summed E-state index contributed by atoms with van der Waals surface area (Å²) in [7, 11) is 0. The number of rotatable bonds is 3. The van der Waals surface area contributed by atoms with Gasteiger partial charge in [0.2, 0.25) is 0 Å². The highest BCUT2D eigenvalue weighted by molar-refractivity contribution is 5.92. The van der Waals surface area contributed by atoms with Crippen molar-refractivity contribution in [2.24, 2.45) is 0 Å². The number of benzene rings is 1. The van der Waals surface area contributed by atoms with E-state index in [-0.39, 0.29) is 5.54 Å². The average Bonchev–Trinajstić information content (AvgIpc) is 3.39. The summed E-state index contributed by atoms with van der Waals surface area (Å²) in [5.74, 6) is 1.06. The molecule has 1 aliphatic rings. The maximum atomic E-state index is 4.44. The predicted octanol–water partition coefficient (Wildman–Crippen LogP) is 6.60. The van der Waals surface area contributed by atoms with Gasteiger partial charge < -0.3 is 4.98 Å². The maximum absolute atomic E-state index is 4.44. The number of piperidine rings is 1. The third kappa shape index (κ3) is 3.76. The van der Waals surface area contributed by atoms with Crippen molar-refractivity contribution in [3.05, 3.63) is 53.0 Å². The van der Waals surface area contributed by atoms with E-state index in [2.05, 4.69) is 92.8 Å². The van der Waals surface area contributed by atoms with Crippen LogP contribution in [0.2, 0.25) is 0 Å². The van der Waals surface area contributed by atoms with Gasteiger partial charge in [-0.3, -0.25) is 4.90 Å². The maximum Gasteiger partial charge on any atom is 0.158 e. The number of nitrogens with zero attached hydrogens (tertiary/aromatic N) is 4. The van der Waals surface area contributed by atoms with E-state index in [1.807, 2.05) is 4.52 Å². The molecule has 0 unspecified atom stereocenters. The van der Waals surface area contributed by atoms with E-state index in [4.69, 9.17) is 0 Å². The normalized spacial score (nSPS) is 16.5. The second-order valence-corrected chi connectivity index (χ2v) is 11.1. The Kier molecular flexibility index (Phi) is 5.36. The third-order valence-electron chi connectivity index (χ3n) is 7.75. The van der Waals surface area contributed by atoms with Crippen LogP contribution in [0.1, 0.15) is 81.5 Å². The molecule has 33 heavy (non-hydrogen) atoms. The van der Waals surface area contributed by atoms with Crippen molar-refractivity contribution in [1.82, 2.24) is 24.5 Å². The summed E-state index contributed by atoms with van der Waals surface area (Å²) in [6, 6.07) is 7.12. The number of hydrogen-bond donors (Lipinski definition) is 1. The van der Waals surface area contributed by atoms with Crippen molar-refractivity contribution in [3.8, 4) is 11.3 Å². The van der Waals surface area contributed by atoms with Crippen LogP contribution in [0.25, 0.3) is 27.8 Å². The van der Waals surface area contributed by atoms with E-state index in [0.717, 1.165) is 5.65 Å². The van der Waals surface area contributed by atoms with Crippen molar-refractivity contribution in [3.63, 3.8) is 0 Å². The van der Waals surface area contributed by atoms with Crippen LogP contribution in [0.15, 0.2) is 30.7 Å². The molecule has 5 nitrogen and oxygen atoms in total. The molecule has 1 N–H and O–H groups in total. The summed E-state index contributed by atoms with van der Waals surface area (Å²) in [5.41, 5.74) is 10.2. The Bertz CT molecular complexity index is 1310. The molecule has 174 valence electrons. The predicted molar refractivity (Wildman–Crippen MR) is 137 cm³/mol. The van der Waals surface area contributed by atoms with Gasteiger partial charge in [-0.05, 0) is 107 Å². The summed E-state index contributed by atoms with van der Waals surface area (Å²) >= 11 is 0. The first-order valence-electron chi connectivity index (χ1n) is 12.4. The number of aromatic nitrogens is 4. The van der Waals surface area contributed by atoms with Crippen molar-refractivity contribution >= 4 is 16.6 Å². The molecule has 4 aromatic rings. The van der Waals surface area contributed by atoms with E-state index in [0.29, 0.717) is 11.8 Å². The zero-order chi connectivity index (χ0) is 23.5. The van der Waals surface area contributed by atoms with Crippen LogP contribution < -0.4 is 0 Å². The molecule has 5 heteroatoms. The third-order valence-corrected chi connectivity index (χ3v) is 7.75. The van der Waals surface area contributed by atoms with Crippen LogP contribution in [0.5, 0.6) is 0 Å². The smallest absolute Gasteiger partial charge is 0.158 e. The Labute approximate surface area is 197 Å². The number of aryl methyl sites for hydroxylation is 1. The van der Waals surface area contributed by atoms with Crippen molar-refractivity contribution in [2.45, 2.75) is 78.7 Å². The topological polar surface area (TPSA) is 49.2 Å². The highest BCUT2D eigenvalue weighted by Gasteiger charge is 2.28. The van der Waals surface area contributed by atoms with E-state index < -0.39 is 0 Å². The van der Waals surface area contributed by atoms with Gasteiger partial charge in [-0.15, -0.1) is 0 Å². The molecule has 0 amide bonds. The molecule has 1 saturated heterocycles. The van der Waals surface area contributed by atoms with E-state index in [1.54, 1.807) is 6.33 Å². The Balaban J connectivity index is 1.58. The van der Waals surface area contributed by atoms with Gasteiger partial charge in [-0.2, -0.15) is 5.10 Å². The van der Waals surface area contributed by atoms with Gasteiger partial charge in [0.25, 0.3) is 0 Å². The van der Waals surface area contributed by atoms with Gasteiger partial charge in [-0.25, -0.2) is 9.50 Å². The fourth-order valence-electron chi connectivity index (χ4n) is 5.63. The van der Waals surface area contributed by atoms with Gasteiger partial charge in [0.05, 0.1) is 5.69 Å². The van der Waals surface area contributed by atoms with E-state index in [9.17, 15) is 0 Å². The molecule has 0 aliphatic carbocycles. The van der Waals surface area contributed by atoms with Crippen LogP contribution in [0, 0.1) is 13.8 Å². The first kappa shape index (κ1) is 22.1. The minimum Gasteiger partial charge on any atom is -0.354 e. The number of H-pyrrole nitrogens is 1. The van der Waals surface area contributed by atoms with E-state index in [1.165, 1.54) is 70.3 Å². The lowest BCUT2D eigenvalue weighted by Gasteiger charge is -2.41. The largest absolute Gasteiger partial charge is 0.354 e. The molecule has 0 atom stereocenters. The average molecular weight is 444 g/mol. The second kappa shape index (κ2) is 7.98. The summed E-state index contributed by atoms with van der Waals surface area (Å²) < 4.78 is 1.90. The fourth-order valence-corrected chi connectivity index (χ4v) is 5.63.